The molecule has 2 aromatic rings. The summed E-state index contributed by atoms with van der Waals surface area (Å²) in [6.07, 6.45) is 2.15. The third-order valence-electron chi connectivity index (χ3n) is 3.02. The number of halogens is 2. The van der Waals surface area contributed by atoms with E-state index in [1.54, 1.807) is 18.3 Å². The highest BCUT2D eigenvalue weighted by Gasteiger charge is 2.14. The summed E-state index contributed by atoms with van der Waals surface area (Å²) in [7, 11) is 0. The Morgan fingerprint density at radius 2 is 2.11 bits per heavy atom. The predicted molar refractivity (Wildman–Crippen MR) is 76.4 cm³/mol. The highest BCUT2D eigenvalue weighted by atomic mass is 79.9. The first-order chi connectivity index (χ1) is 9.10. The predicted octanol–water partition coefficient (Wildman–Crippen LogP) is 3.82. The Kier molecular flexibility index (Phi) is 4.66. The van der Waals surface area contributed by atoms with Gasteiger partial charge in [-0.05, 0) is 30.2 Å². The molecule has 0 saturated carbocycles. The second-order valence-corrected chi connectivity index (χ2v) is 5.31. The van der Waals surface area contributed by atoms with Gasteiger partial charge in [0.25, 0.3) is 0 Å². The van der Waals surface area contributed by atoms with Crippen LogP contribution in [0.1, 0.15) is 29.8 Å². The maximum atomic E-state index is 13.7. The third-order valence-corrected chi connectivity index (χ3v) is 3.51. The number of pyridine rings is 1. The summed E-state index contributed by atoms with van der Waals surface area (Å²) in [5.74, 6) is -0.410. The van der Waals surface area contributed by atoms with Crippen molar-refractivity contribution < 1.29 is 9.50 Å². The molecule has 19 heavy (non-hydrogen) atoms. The monoisotopic (exact) mass is 323 g/mol. The molecule has 0 bridgehead atoms. The van der Waals surface area contributed by atoms with Crippen LogP contribution >= 0.6 is 15.9 Å². The average molecular weight is 324 g/mol. The van der Waals surface area contributed by atoms with Crippen molar-refractivity contribution in [3.63, 3.8) is 0 Å². The number of aliphatic hydroxyl groups is 1. The van der Waals surface area contributed by atoms with Gasteiger partial charge in [-0.15, -0.1) is 0 Å². The zero-order chi connectivity index (χ0) is 13.8. The van der Waals surface area contributed by atoms with Crippen LogP contribution < -0.4 is 0 Å². The lowest BCUT2D eigenvalue weighted by molar-refractivity contribution is 0.172. The van der Waals surface area contributed by atoms with E-state index >= 15 is 0 Å². The Hall–Kier alpha value is -1.26. The van der Waals surface area contributed by atoms with E-state index in [0.717, 1.165) is 17.7 Å². The minimum Gasteiger partial charge on any atom is -0.388 e. The number of hydrogen-bond donors (Lipinski definition) is 1. The van der Waals surface area contributed by atoms with Gasteiger partial charge in [-0.3, -0.25) is 4.98 Å². The lowest BCUT2D eigenvalue weighted by atomic mass is 10.0. The first-order valence-corrected chi connectivity index (χ1v) is 6.96. The van der Waals surface area contributed by atoms with Gasteiger partial charge in [-0.25, -0.2) is 4.39 Å². The molecule has 0 aliphatic carbocycles. The molecule has 1 heterocycles. The number of aryl methyl sites for hydroxylation is 1. The van der Waals surface area contributed by atoms with E-state index < -0.39 is 11.9 Å². The number of hydrogen-bond acceptors (Lipinski definition) is 2. The Labute approximate surface area is 120 Å². The molecular weight excluding hydrogens is 309 g/mol. The van der Waals surface area contributed by atoms with Crippen molar-refractivity contribution in [2.45, 2.75) is 25.9 Å². The minimum atomic E-state index is -0.881. The van der Waals surface area contributed by atoms with Crippen molar-refractivity contribution in [1.82, 2.24) is 4.98 Å². The molecular formula is C15H15BrFNO. The summed E-state index contributed by atoms with van der Waals surface area (Å²) in [6.45, 7) is 2.06. The maximum Gasteiger partial charge on any atom is 0.130 e. The fourth-order valence-electron chi connectivity index (χ4n) is 1.86. The number of benzene rings is 1. The molecule has 0 radical (unpaired) electrons. The summed E-state index contributed by atoms with van der Waals surface area (Å²) in [5.41, 5.74) is 2.20. The van der Waals surface area contributed by atoms with Crippen molar-refractivity contribution in [2.75, 3.05) is 0 Å². The molecule has 100 valence electrons. The van der Waals surface area contributed by atoms with Crippen LogP contribution in [0, 0.1) is 5.82 Å². The molecule has 2 rings (SSSR count). The van der Waals surface area contributed by atoms with Crippen LogP contribution in [0.4, 0.5) is 4.39 Å². The molecule has 2 nitrogen and oxygen atoms in total. The van der Waals surface area contributed by atoms with E-state index in [1.807, 2.05) is 12.1 Å². The van der Waals surface area contributed by atoms with Gasteiger partial charge in [0.05, 0.1) is 6.10 Å². The first kappa shape index (κ1) is 14.2. The molecule has 1 N–H and O–H groups in total. The highest BCUT2D eigenvalue weighted by molar-refractivity contribution is 9.10. The van der Waals surface area contributed by atoms with Crippen LogP contribution in [0.3, 0.4) is 0 Å². The molecule has 1 unspecified atom stereocenters. The fraction of sp³-hybridized carbons (Fsp3) is 0.267. The van der Waals surface area contributed by atoms with E-state index in [2.05, 4.69) is 27.8 Å². The Bertz CT molecular complexity index is 557. The topological polar surface area (TPSA) is 33.1 Å². The Morgan fingerprint density at radius 3 is 2.68 bits per heavy atom. The zero-order valence-corrected chi connectivity index (χ0v) is 12.2. The molecule has 0 fully saturated rings. The zero-order valence-electron chi connectivity index (χ0n) is 10.6. The molecule has 1 aromatic heterocycles. The first-order valence-electron chi connectivity index (χ1n) is 6.17. The largest absolute Gasteiger partial charge is 0.388 e. The van der Waals surface area contributed by atoms with E-state index in [-0.39, 0.29) is 0 Å². The molecule has 0 aliphatic rings. The van der Waals surface area contributed by atoms with Gasteiger partial charge < -0.3 is 5.11 Å². The van der Waals surface area contributed by atoms with E-state index in [1.165, 1.54) is 6.07 Å². The standard InChI is InChI=1S/C15H15BrFNO/c1-2-10-3-5-12(18-9-10)8-15(19)13-6-4-11(16)7-14(13)17/h3-7,9,15,19H,2,8H2,1H3. The van der Waals surface area contributed by atoms with Gasteiger partial charge in [0.1, 0.15) is 5.82 Å². The summed E-state index contributed by atoms with van der Waals surface area (Å²) in [5, 5.41) is 10.1. The number of aromatic nitrogens is 1. The average Bonchev–Trinajstić information content (AvgIpc) is 2.39. The summed E-state index contributed by atoms with van der Waals surface area (Å²) < 4.78 is 14.4. The van der Waals surface area contributed by atoms with Gasteiger partial charge in [0.2, 0.25) is 0 Å². The summed E-state index contributed by atoms with van der Waals surface area (Å²) in [4.78, 5) is 4.27. The van der Waals surface area contributed by atoms with Gasteiger partial charge >= 0.3 is 0 Å². The lowest BCUT2D eigenvalue weighted by Crippen LogP contribution is -2.05. The second kappa shape index (κ2) is 6.26. The Balaban J connectivity index is 2.13. The van der Waals surface area contributed by atoms with Gasteiger partial charge in [-0.1, -0.05) is 35.0 Å². The molecule has 0 aliphatic heterocycles. The quantitative estimate of drug-likeness (QED) is 0.927. The van der Waals surface area contributed by atoms with Gasteiger partial charge in [0.15, 0.2) is 0 Å². The third kappa shape index (κ3) is 3.61. The lowest BCUT2D eigenvalue weighted by Gasteiger charge is -2.12. The number of aliphatic hydroxyl groups excluding tert-OH is 1. The van der Waals surface area contributed by atoms with Crippen molar-refractivity contribution in [2.24, 2.45) is 0 Å². The smallest absolute Gasteiger partial charge is 0.130 e. The SMILES string of the molecule is CCc1ccc(CC(O)c2ccc(Br)cc2F)nc1. The van der Waals surface area contributed by atoms with E-state index in [0.29, 0.717) is 16.5 Å². The number of rotatable bonds is 4. The van der Waals surface area contributed by atoms with E-state index in [4.69, 9.17) is 0 Å². The molecule has 0 saturated heterocycles. The minimum absolute atomic E-state index is 0.296. The van der Waals surface area contributed by atoms with Crippen LogP contribution in [0.15, 0.2) is 41.0 Å². The molecule has 1 aromatic carbocycles. The molecule has 0 spiro atoms. The van der Waals surface area contributed by atoms with Crippen molar-refractivity contribution in [3.8, 4) is 0 Å². The van der Waals surface area contributed by atoms with Crippen LogP contribution in [0.5, 0.6) is 0 Å². The van der Waals surface area contributed by atoms with E-state index in [9.17, 15) is 9.50 Å². The molecule has 0 amide bonds. The van der Waals surface area contributed by atoms with Crippen molar-refractivity contribution in [1.29, 1.82) is 0 Å². The summed E-state index contributed by atoms with van der Waals surface area (Å²) >= 11 is 3.19. The van der Waals surface area contributed by atoms with Crippen LogP contribution in [-0.2, 0) is 12.8 Å². The van der Waals surface area contributed by atoms with Crippen LogP contribution in [0.2, 0.25) is 0 Å². The Morgan fingerprint density at radius 1 is 1.32 bits per heavy atom. The molecule has 1 atom stereocenters. The second-order valence-electron chi connectivity index (χ2n) is 4.40. The maximum absolute atomic E-state index is 13.7. The summed E-state index contributed by atoms with van der Waals surface area (Å²) in [6, 6.07) is 8.51. The van der Waals surface area contributed by atoms with Crippen LogP contribution in [0.25, 0.3) is 0 Å². The number of nitrogens with zero attached hydrogens (tertiary/aromatic N) is 1. The fourth-order valence-corrected chi connectivity index (χ4v) is 2.20. The van der Waals surface area contributed by atoms with Gasteiger partial charge in [-0.2, -0.15) is 0 Å². The van der Waals surface area contributed by atoms with Crippen LogP contribution in [-0.4, -0.2) is 10.1 Å². The van der Waals surface area contributed by atoms with Crippen molar-refractivity contribution in [3.05, 3.63) is 63.6 Å². The highest BCUT2D eigenvalue weighted by Crippen LogP contribution is 2.23. The van der Waals surface area contributed by atoms with Gasteiger partial charge in [0, 0.05) is 28.3 Å². The molecule has 4 heteroatoms. The van der Waals surface area contributed by atoms with Crippen molar-refractivity contribution >= 4 is 15.9 Å². The normalized spacial score (nSPS) is 12.4.